The highest BCUT2D eigenvalue weighted by Gasteiger charge is 2.08. The van der Waals surface area contributed by atoms with Gasteiger partial charge in [0, 0.05) is 5.56 Å². The lowest BCUT2D eigenvalue weighted by atomic mass is 10.0. The zero-order valence-electron chi connectivity index (χ0n) is 11.9. The summed E-state index contributed by atoms with van der Waals surface area (Å²) in [6.07, 6.45) is 3.53. The molecule has 2 aromatic carbocycles. The Morgan fingerprint density at radius 1 is 1.05 bits per heavy atom. The number of phenols is 2. The Kier molecular flexibility index (Phi) is 4.46. The average Bonchev–Trinajstić information content (AvgIpc) is 2.44. The van der Waals surface area contributed by atoms with Crippen molar-refractivity contribution in [1.29, 1.82) is 0 Å². The van der Waals surface area contributed by atoms with Gasteiger partial charge in [0.2, 0.25) is 0 Å². The van der Waals surface area contributed by atoms with Crippen LogP contribution in [0.2, 0.25) is 0 Å². The van der Waals surface area contributed by atoms with Crippen LogP contribution in [0.5, 0.6) is 11.5 Å². The summed E-state index contributed by atoms with van der Waals surface area (Å²) >= 11 is 0. The van der Waals surface area contributed by atoms with Crippen LogP contribution < -0.4 is 0 Å². The molecule has 104 valence electrons. The molecule has 2 heteroatoms. The van der Waals surface area contributed by atoms with Gasteiger partial charge in [0.25, 0.3) is 0 Å². The van der Waals surface area contributed by atoms with E-state index in [1.54, 1.807) is 12.1 Å². The summed E-state index contributed by atoms with van der Waals surface area (Å²) in [5.74, 6) is 0.331. The van der Waals surface area contributed by atoms with E-state index in [0.717, 1.165) is 23.1 Å². The third-order valence-corrected chi connectivity index (χ3v) is 3.34. The maximum Gasteiger partial charge on any atom is 0.123 e. The first-order valence-electron chi connectivity index (χ1n) is 6.90. The monoisotopic (exact) mass is 268 g/mol. The molecule has 0 heterocycles. The molecule has 0 radical (unpaired) electrons. The van der Waals surface area contributed by atoms with Crippen molar-refractivity contribution in [3.63, 3.8) is 0 Å². The topological polar surface area (TPSA) is 40.5 Å². The summed E-state index contributed by atoms with van der Waals surface area (Å²) in [5, 5.41) is 20.0. The smallest absolute Gasteiger partial charge is 0.123 e. The van der Waals surface area contributed by atoms with Crippen LogP contribution in [-0.4, -0.2) is 10.2 Å². The van der Waals surface area contributed by atoms with Gasteiger partial charge in [-0.25, -0.2) is 0 Å². The van der Waals surface area contributed by atoms with Crippen LogP contribution in [0.3, 0.4) is 0 Å². The molecule has 0 fully saturated rings. The predicted molar refractivity (Wildman–Crippen MR) is 83.8 cm³/mol. The van der Waals surface area contributed by atoms with Gasteiger partial charge in [-0.2, -0.15) is 0 Å². The molecule has 0 saturated carbocycles. The van der Waals surface area contributed by atoms with Crippen molar-refractivity contribution in [2.24, 2.45) is 0 Å². The average molecular weight is 268 g/mol. The second-order valence-corrected chi connectivity index (χ2v) is 4.98. The van der Waals surface area contributed by atoms with E-state index in [0.29, 0.717) is 12.0 Å². The molecular weight excluding hydrogens is 248 g/mol. The van der Waals surface area contributed by atoms with Crippen molar-refractivity contribution >= 4 is 11.6 Å². The molecule has 2 rings (SSSR count). The number of hydrogen-bond acceptors (Lipinski definition) is 2. The SMILES string of the molecule is CCCc1c(O)cc(/C=C(/C)c2ccccc2)cc1O. The van der Waals surface area contributed by atoms with E-state index in [9.17, 15) is 10.2 Å². The van der Waals surface area contributed by atoms with Crippen LogP contribution in [0.4, 0.5) is 0 Å². The van der Waals surface area contributed by atoms with Crippen LogP contribution in [0, 0.1) is 0 Å². The minimum atomic E-state index is 0.166. The van der Waals surface area contributed by atoms with Crippen molar-refractivity contribution in [3.8, 4) is 11.5 Å². The maximum atomic E-state index is 10.00. The van der Waals surface area contributed by atoms with Gasteiger partial charge in [-0.05, 0) is 42.2 Å². The van der Waals surface area contributed by atoms with E-state index >= 15 is 0 Å². The molecule has 0 aliphatic carbocycles. The number of allylic oxidation sites excluding steroid dienone is 1. The molecule has 2 nitrogen and oxygen atoms in total. The molecule has 0 spiro atoms. The van der Waals surface area contributed by atoms with E-state index in [1.165, 1.54) is 0 Å². The van der Waals surface area contributed by atoms with Crippen LogP contribution in [0.15, 0.2) is 42.5 Å². The largest absolute Gasteiger partial charge is 0.508 e. The van der Waals surface area contributed by atoms with Crippen LogP contribution >= 0.6 is 0 Å². The minimum Gasteiger partial charge on any atom is -0.508 e. The Labute approximate surface area is 120 Å². The lowest BCUT2D eigenvalue weighted by Crippen LogP contribution is -1.88. The van der Waals surface area contributed by atoms with E-state index < -0.39 is 0 Å². The molecule has 0 aliphatic heterocycles. The molecular formula is C18H20O2. The Morgan fingerprint density at radius 3 is 2.20 bits per heavy atom. The standard InChI is InChI=1S/C18H20O2/c1-3-7-16-17(19)11-14(12-18(16)20)10-13(2)15-8-5-4-6-9-15/h4-6,8-12,19-20H,3,7H2,1-2H3/b13-10-. The summed E-state index contributed by atoms with van der Waals surface area (Å²) in [4.78, 5) is 0. The van der Waals surface area contributed by atoms with Gasteiger partial charge >= 0.3 is 0 Å². The van der Waals surface area contributed by atoms with Gasteiger partial charge in [0.05, 0.1) is 0 Å². The molecule has 0 aromatic heterocycles. The second-order valence-electron chi connectivity index (χ2n) is 4.98. The number of phenolic OH excluding ortho intramolecular Hbond substituents is 2. The van der Waals surface area contributed by atoms with Crippen molar-refractivity contribution in [1.82, 2.24) is 0 Å². The van der Waals surface area contributed by atoms with E-state index in [-0.39, 0.29) is 11.5 Å². The fraction of sp³-hybridized carbons (Fsp3) is 0.222. The van der Waals surface area contributed by atoms with Crippen LogP contribution in [0.25, 0.3) is 11.6 Å². The van der Waals surface area contributed by atoms with E-state index in [1.807, 2.05) is 50.3 Å². The van der Waals surface area contributed by atoms with E-state index in [2.05, 4.69) is 0 Å². The Bertz CT molecular complexity index is 590. The first-order valence-corrected chi connectivity index (χ1v) is 6.90. The number of rotatable bonds is 4. The summed E-state index contributed by atoms with van der Waals surface area (Å²) in [6.45, 7) is 4.04. The fourth-order valence-corrected chi connectivity index (χ4v) is 2.29. The van der Waals surface area contributed by atoms with Crippen LogP contribution in [0.1, 0.15) is 37.0 Å². The molecule has 0 amide bonds. The Hall–Kier alpha value is -2.22. The first kappa shape index (κ1) is 14.2. The fourth-order valence-electron chi connectivity index (χ4n) is 2.29. The first-order chi connectivity index (χ1) is 9.61. The Balaban J connectivity index is 2.35. The highest BCUT2D eigenvalue weighted by Crippen LogP contribution is 2.31. The number of hydrogen-bond donors (Lipinski definition) is 2. The zero-order chi connectivity index (χ0) is 14.5. The molecule has 0 atom stereocenters. The molecule has 20 heavy (non-hydrogen) atoms. The van der Waals surface area contributed by atoms with Gasteiger partial charge in [0.1, 0.15) is 11.5 Å². The number of aromatic hydroxyl groups is 2. The third-order valence-electron chi connectivity index (χ3n) is 3.34. The number of benzene rings is 2. The van der Waals surface area contributed by atoms with Crippen molar-refractivity contribution in [2.45, 2.75) is 26.7 Å². The summed E-state index contributed by atoms with van der Waals surface area (Å²) in [5.41, 5.74) is 3.65. The van der Waals surface area contributed by atoms with Crippen molar-refractivity contribution in [3.05, 3.63) is 59.2 Å². The highest BCUT2D eigenvalue weighted by atomic mass is 16.3. The van der Waals surface area contributed by atoms with Gasteiger partial charge in [0.15, 0.2) is 0 Å². The lowest BCUT2D eigenvalue weighted by Gasteiger charge is -2.08. The van der Waals surface area contributed by atoms with Crippen LogP contribution in [-0.2, 0) is 6.42 Å². The van der Waals surface area contributed by atoms with Gasteiger partial charge in [-0.3, -0.25) is 0 Å². The molecule has 0 saturated heterocycles. The van der Waals surface area contributed by atoms with Crippen molar-refractivity contribution < 1.29 is 10.2 Å². The predicted octanol–water partition coefficient (Wildman–Crippen LogP) is 4.61. The van der Waals surface area contributed by atoms with Gasteiger partial charge in [-0.15, -0.1) is 0 Å². The quantitative estimate of drug-likeness (QED) is 0.795. The molecule has 0 bridgehead atoms. The Morgan fingerprint density at radius 2 is 1.65 bits per heavy atom. The second kappa shape index (κ2) is 6.29. The third kappa shape index (κ3) is 3.21. The van der Waals surface area contributed by atoms with Crippen molar-refractivity contribution in [2.75, 3.05) is 0 Å². The molecule has 2 N–H and O–H groups in total. The van der Waals surface area contributed by atoms with Gasteiger partial charge in [-0.1, -0.05) is 49.8 Å². The van der Waals surface area contributed by atoms with Gasteiger partial charge < -0.3 is 10.2 Å². The molecule has 2 aromatic rings. The summed E-state index contributed by atoms with van der Waals surface area (Å²) < 4.78 is 0. The summed E-state index contributed by atoms with van der Waals surface area (Å²) in [7, 11) is 0. The van der Waals surface area contributed by atoms with E-state index in [4.69, 9.17) is 0 Å². The molecule has 0 unspecified atom stereocenters. The maximum absolute atomic E-state index is 10.00. The zero-order valence-corrected chi connectivity index (χ0v) is 11.9. The molecule has 0 aliphatic rings. The lowest BCUT2D eigenvalue weighted by molar-refractivity contribution is 0.437. The minimum absolute atomic E-state index is 0.166. The summed E-state index contributed by atoms with van der Waals surface area (Å²) in [6, 6.07) is 13.5. The normalized spacial score (nSPS) is 11.6. The highest BCUT2D eigenvalue weighted by molar-refractivity contribution is 5.81.